The smallest absolute Gasteiger partial charge is 0.317 e. The predicted octanol–water partition coefficient (Wildman–Crippen LogP) is 3.29. The Balaban J connectivity index is 1.53. The molecule has 6 nitrogen and oxygen atoms in total. The van der Waals surface area contributed by atoms with Crippen LogP contribution in [-0.4, -0.2) is 53.1 Å². The van der Waals surface area contributed by atoms with Gasteiger partial charge in [-0.25, -0.2) is 14.8 Å². The summed E-state index contributed by atoms with van der Waals surface area (Å²) in [7, 11) is 0. The number of fused-ring (bicyclic) bond motifs is 1. The van der Waals surface area contributed by atoms with Crippen LogP contribution in [0.1, 0.15) is 12.8 Å². The summed E-state index contributed by atoms with van der Waals surface area (Å²) in [5.74, 6) is 0.752. The van der Waals surface area contributed by atoms with Gasteiger partial charge in [-0.15, -0.1) is 0 Å². The van der Waals surface area contributed by atoms with Crippen molar-refractivity contribution in [3.63, 3.8) is 0 Å². The molecule has 5 rings (SSSR count). The second-order valence-electron chi connectivity index (χ2n) is 7.42. The average molecular weight is 373 g/mol. The number of benzene rings is 2. The summed E-state index contributed by atoms with van der Waals surface area (Å²) >= 11 is 0. The van der Waals surface area contributed by atoms with Gasteiger partial charge in [0.05, 0.1) is 17.3 Å². The molecule has 3 aromatic rings. The molecule has 2 saturated heterocycles. The van der Waals surface area contributed by atoms with Crippen molar-refractivity contribution in [2.45, 2.75) is 18.9 Å². The van der Waals surface area contributed by atoms with Crippen LogP contribution in [0.4, 0.5) is 10.7 Å². The molecule has 1 unspecified atom stereocenters. The van der Waals surface area contributed by atoms with Crippen LogP contribution < -0.4 is 10.2 Å². The predicted molar refractivity (Wildman–Crippen MR) is 110 cm³/mol. The topological polar surface area (TPSA) is 61.4 Å². The first-order valence-electron chi connectivity index (χ1n) is 9.91. The Morgan fingerprint density at radius 1 is 0.964 bits per heavy atom. The van der Waals surface area contributed by atoms with E-state index in [2.05, 4.69) is 28.4 Å². The molecule has 28 heavy (non-hydrogen) atoms. The monoisotopic (exact) mass is 373 g/mol. The number of rotatable bonds is 3. The molecule has 2 fully saturated rings. The molecule has 1 N–H and O–H groups in total. The maximum absolute atomic E-state index is 12.1. The van der Waals surface area contributed by atoms with Crippen molar-refractivity contribution in [3.05, 3.63) is 54.6 Å². The van der Waals surface area contributed by atoms with E-state index in [0.29, 0.717) is 0 Å². The van der Waals surface area contributed by atoms with Gasteiger partial charge >= 0.3 is 6.03 Å². The summed E-state index contributed by atoms with van der Waals surface area (Å²) in [5.41, 5.74) is 3.00. The molecule has 142 valence electrons. The van der Waals surface area contributed by atoms with E-state index in [4.69, 9.17) is 9.97 Å². The summed E-state index contributed by atoms with van der Waals surface area (Å²) in [6.45, 7) is 3.21. The summed E-state index contributed by atoms with van der Waals surface area (Å²) in [4.78, 5) is 26.1. The lowest BCUT2D eigenvalue weighted by Gasteiger charge is -2.37. The number of urea groups is 1. The molecular weight excluding hydrogens is 350 g/mol. The fourth-order valence-electron chi connectivity index (χ4n) is 4.25. The fourth-order valence-corrected chi connectivity index (χ4v) is 4.25. The van der Waals surface area contributed by atoms with Gasteiger partial charge in [0.25, 0.3) is 0 Å². The van der Waals surface area contributed by atoms with Crippen molar-refractivity contribution < 1.29 is 4.79 Å². The van der Waals surface area contributed by atoms with Crippen LogP contribution in [0.3, 0.4) is 0 Å². The number of nitrogens with one attached hydrogen (secondary N) is 1. The Kier molecular flexibility index (Phi) is 4.31. The van der Waals surface area contributed by atoms with E-state index >= 15 is 0 Å². The SMILES string of the molecule is O=C1NCCN1C1CCCN(c2nc(-c3ccccc3)c3ccccc3n2)C1. The molecule has 2 amide bonds. The minimum atomic E-state index is 0.0521. The van der Waals surface area contributed by atoms with Gasteiger partial charge in [-0.3, -0.25) is 0 Å². The van der Waals surface area contributed by atoms with E-state index < -0.39 is 0 Å². The number of nitrogens with zero attached hydrogens (tertiary/aromatic N) is 4. The lowest BCUT2D eigenvalue weighted by atomic mass is 10.0. The zero-order chi connectivity index (χ0) is 18.9. The van der Waals surface area contributed by atoms with Crippen molar-refractivity contribution in [1.82, 2.24) is 20.2 Å². The van der Waals surface area contributed by atoms with E-state index in [1.54, 1.807) is 0 Å². The van der Waals surface area contributed by atoms with Gasteiger partial charge in [0, 0.05) is 37.1 Å². The Bertz CT molecular complexity index is 1010. The molecule has 0 aliphatic carbocycles. The maximum Gasteiger partial charge on any atom is 0.317 e. The molecule has 0 spiro atoms. The standard InChI is InChI=1S/C22H23N5O/c28-22-23-12-14-27(22)17-9-6-13-26(15-17)21-24-19-11-5-4-10-18(19)20(25-21)16-7-2-1-3-8-16/h1-5,7-8,10-11,17H,6,9,12-15H2,(H,23,28). The molecule has 2 aliphatic rings. The van der Waals surface area contributed by atoms with Crippen molar-refractivity contribution in [2.24, 2.45) is 0 Å². The van der Waals surface area contributed by atoms with Crippen molar-refractivity contribution in [3.8, 4) is 11.3 Å². The number of aromatic nitrogens is 2. The second kappa shape index (κ2) is 7.11. The van der Waals surface area contributed by atoms with E-state index in [1.165, 1.54) is 0 Å². The Hall–Kier alpha value is -3.15. The van der Waals surface area contributed by atoms with E-state index in [9.17, 15) is 4.79 Å². The number of anilines is 1. The average Bonchev–Trinajstić information content (AvgIpc) is 3.19. The number of piperidine rings is 1. The van der Waals surface area contributed by atoms with Gasteiger partial charge in [0.1, 0.15) is 0 Å². The van der Waals surface area contributed by atoms with Crippen LogP contribution in [-0.2, 0) is 0 Å². The van der Waals surface area contributed by atoms with Gasteiger partial charge in [-0.1, -0.05) is 48.5 Å². The Morgan fingerprint density at radius 3 is 2.61 bits per heavy atom. The zero-order valence-electron chi connectivity index (χ0n) is 15.7. The van der Waals surface area contributed by atoms with Gasteiger partial charge in [0.15, 0.2) is 0 Å². The zero-order valence-corrected chi connectivity index (χ0v) is 15.7. The lowest BCUT2D eigenvalue weighted by molar-refractivity contribution is 0.189. The molecule has 6 heteroatoms. The largest absolute Gasteiger partial charge is 0.339 e. The minimum absolute atomic E-state index is 0.0521. The highest BCUT2D eigenvalue weighted by atomic mass is 16.2. The molecule has 1 atom stereocenters. The highest BCUT2D eigenvalue weighted by Crippen LogP contribution is 2.29. The molecule has 1 aromatic heterocycles. The van der Waals surface area contributed by atoms with Crippen molar-refractivity contribution in [2.75, 3.05) is 31.1 Å². The van der Waals surface area contributed by atoms with Crippen LogP contribution in [0, 0.1) is 0 Å². The van der Waals surface area contributed by atoms with Gasteiger partial charge in [-0.05, 0) is 18.9 Å². The second-order valence-corrected chi connectivity index (χ2v) is 7.42. The first-order chi connectivity index (χ1) is 13.8. The third-order valence-corrected chi connectivity index (χ3v) is 5.65. The first kappa shape index (κ1) is 17.0. The quantitative estimate of drug-likeness (QED) is 0.765. The van der Waals surface area contributed by atoms with E-state index in [1.807, 2.05) is 41.3 Å². The van der Waals surface area contributed by atoms with Gasteiger partial charge in [-0.2, -0.15) is 0 Å². The maximum atomic E-state index is 12.1. The number of amides is 2. The summed E-state index contributed by atoms with van der Waals surface area (Å²) in [6.07, 6.45) is 2.06. The van der Waals surface area contributed by atoms with E-state index in [0.717, 1.165) is 67.1 Å². The summed E-state index contributed by atoms with van der Waals surface area (Å²) in [6, 6.07) is 18.7. The van der Waals surface area contributed by atoms with Gasteiger partial charge < -0.3 is 15.1 Å². The fraction of sp³-hybridized carbons (Fsp3) is 0.318. The van der Waals surface area contributed by atoms with E-state index in [-0.39, 0.29) is 12.1 Å². The third kappa shape index (κ3) is 3.05. The lowest BCUT2D eigenvalue weighted by Crippen LogP contribution is -2.49. The summed E-state index contributed by atoms with van der Waals surface area (Å²) < 4.78 is 0. The number of hydrogen-bond acceptors (Lipinski definition) is 4. The first-order valence-corrected chi connectivity index (χ1v) is 9.91. The Morgan fingerprint density at radius 2 is 1.79 bits per heavy atom. The minimum Gasteiger partial charge on any atom is -0.339 e. The molecule has 2 aromatic carbocycles. The van der Waals surface area contributed by atoms with Crippen LogP contribution in [0.15, 0.2) is 54.6 Å². The molecule has 0 bridgehead atoms. The van der Waals surface area contributed by atoms with Gasteiger partial charge in [0.2, 0.25) is 5.95 Å². The summed E-state index contributed by atoms with van der Waals surface area (Å²) in [5, 5.41) is 3.97. The van der Waals surface area contributed by atoms with Crippen LogP contribution in [0.2, 0.25) is 0 Å². The van der Waals surface area contributed by atoms with Crippen LogP contribution in [0.25, 0.3) is 22.2 Å². The number of carbonyl (C=O) groups excluding carboxylic acids is 1. The highest BCUT2D eigenvalue weighted by Gasteiger charge is 2.32. The Labute approximate surface area is 164 Å². The molecule has 0 saturated carbocycles. The third-order valence-electron chi connectivity index (χ3n) is 5.65. The number of hydrogen-bond donors (Lipinski definition) is 1. The molecule has 0 radical (unpaired) electrons. The molecular formula is C22H23N5O. The highest BCUT2D eigenvalue weighted by molar-refractivity contribution is 5.93. The molecule has 3 heterocycles. The van der Waals surface area contributed by atoms with Crippen molar-refractivity contribution >= 4 is 22.9 Å². The number of para-hydroxylation sites is 1. The van der Waals surface area contributed by atoms with Crippen molar-refractivity contribution in [1.29, 1.82) is 0 Å². The normalized spacial score (nSPS) is 19.9. The number of carbonyl (C=O) groups is 1. The van der Waals surface area contributed by atoms with Crippen LogP contribution >= 0.6 is 0 Å². The molecule has 2 aliphatic heterocycles. The van der Waals surface area contributed by atoms with Crippen LogP contribution in [0.5, 0.6) is 0 Å².